The van der Waals surface area contributed by atoms with Crippen LogP contribution in [0.15, 0.2) is 29.2 Å². The fourth-order valence-electron chi connectivity index (χ4n) is 3.01. The van der Waals surface area contributed by atoms with Gasteiger partial charge in [0.25, 0.3) is 0 Å². The Labute approximate surface area is 172 Å². The molecular weight excluding hydrogens is 400 g/mol. The lowest BCUT2D eigenvalue weighted by Gasteiger charge is -2.27. The molecule has 1 saturated heterocycles. The summed E-state index contributed by atoms with van der Waals surface area (Å²) in [4.78, 5) is 12.0. The molecule has 8 nitrogen and oxygen atoms in total. The molecule has 9 heteroatoms. The molecule has 29 heavy (non-hydrogen) atoms. The highest BCUT2D eigenvalue weighted by molar-refractivity contribution is 7.91. The molecule has 0 radical (unpaired) electrons. The number of ether oxygens (including phenoxy) is 4. The predicted molar refractivity (Wildman–Crippen MR) is 105 cm³/mol. The van der Waals surface area contributed by atoms with E-state index in [-0.39, 0.29) is 30.1 Å². The molecule has 0 spiro atoms. The number of carbonyl (C=O) groups is 1. The van der Waals surface area contributed by atoms with E-state index in [1.165, 1.54) is 7.11 Å². The molecular formula is C20H30O8S. The van der Waals surface area contributed by atoms with E-state index in [9.17, 15) is 18.3 Å². The zero-order chi connectivity index (χ0) is 21.7. The Morgan fingerprint density at radius 2 is 1.97 bits per heavy atom. The highest BCUT2D eigenvalue weighted by atomic mass is 32.2. The third-order valence-electron chi connectivity index (χ3n) is 4.70. The molecule has 0 aliphatic carbocycles. The summed E-state index contributed by atoms with van der Waals surface area (Å²) in [5.41, 5.74) is 0.966. The molecule has 0 unspecified atom stereocenters. The number of esters is 1. The Morgan fingerprint density at radius 1 is 1.31 bits per heavy atom. The van der Waals surface area contributed by atoms with Crippen molar-refractivity contribution in [2.75, 3.05) is 26.1 Å². The number of aliphatic hydroxyl groups is 1. The van der Waals surface area contributed by atoms with Crippen molar-refractivity contribution < 1.29 is 37.3 Å². The first-order chi connectivity index (χ1) is 13.6. The van der Waals surface area contributed by atoms with E-state index < -0.39 is 46.5 Å². The van der Waals surface area contributed by atoms with Gasteiger partial charge >= 0.3 is 5.97 Å². The highest BCUT2D eigenvalue weighted by Crippen LogP contribution is 2.28. The average molecular weight is 431 g/mol. The summed E-state index contributed by atoms with van der Waals surface area (Å²) in [6.45, 7) is 5.20. The number of aryl methyl sites for hydroxylation is 1. The molecule has 1 aromatic rings. The number of methoxy groups -OCH3 is 1. The van der Waals surface area contributed by atoms with Crippen LogP contribution in [0.5, 0.6) is 0 Å². The second-order valence-electron chi connectivity index (χ2n) is 7.55. The number of hydrogen-bond donors (Lipinski definition) is 1. The molecule has 0 amide bonds. The van der Waals surface area contributed by atoms with Crippen LogP contribution in [0.3, 0.4) is 0 Å². The first kappa shape index (κ1) is 23.8. The van der Waals surface area contributed by atoms with E-state index in [1.807, 2.05) is 6.92 Å². The van der Waals surface area contributed by atoms with E-state index in [1.54, 1.807) is 38.1 Å². The fourth-order valence-corrected chi connectivity index (χ4v) is 4.37. The van der Waals surface area contributed by atoms with E-state index >= 15 is 0 Å². The van der Waals surface area contributed by atoms with Gasteiger partial charge in [-0.2, -0.15) is 0 Å². The smallest absolute Gasteiger partial charge is 0.308 e. The first-order valence-corrected chi connectivity index (χ1v) is 11.2. The number of aliphatic hydroxyl groups excluding tert-OH is 1. The van der Waals surface area contributed by atoms with Crippen LogP contribution in [0.1, 0.15) is 32.3 Å². The van der Waals surface area contributed by atoms with Crippen molar-refractivity contribution in [3.8, 4) is 0 Å². The van der Waals surface area contributed by atoms with Gasteiger partial charge in [-0.25, -0.2) is 8.42 Å². The lowest BCUT2D eigenvalue weighted by Crippen LogP contribution is -2.39. The van der Waals surface area contributed by atoms with Gasteiger partial charge in [0.2, 0.25) is 0 Å². The third kappa shape index (κ3) is 7.04. The molecule has 0 bridgehead atoms. The minimum Gasteiger partial charge on any atom is -0.469 e. The largest absolute Gasteiger partial charge is 0.469 e. The Bertz CT molecular complexity index is 772. The van der Waals surface area contributed by atoms with Gasteiger partial charge in [0.1, 0.15) is 6.10 Å². The topological polar surface area (TPSA) is 108 Å². The molecule has 0 aromatic heterocycles. The van der Waals surface area contributed by atoms with Gasteiger partial charge in [-0.3, -0.25) is 4.79 Å². The molecule has 1 N–H and O–H groups in total. The molecule has 164 valence electrons. The highest BCUT2D eigenvalue weighted by Gasteiger charge is 2.40. The van der Waals surface area contributed by atoms with Crippen molar-refractivity contribution >= 4 is 15.8 Å². The van der Waals surface area contributed by atoms with E-state index in [0.717, 1.165) is 5.56 Å². The number of benzene rings is 1. The van der Waals surface area contributed by atoms with Crippen molar-refractivity contribution in [3.05, 3.63) is 29.8 Å². The van der Waals surface area contributed by atoms with Gasteiger partial charge in [0.05, 0.1) is 49.6 Å². The average Bonchev–Trinajstić information content (AvgIpc) is 3.04. The number of carbonyl (C=O) groups excluding carboxylic acids is 1. The Kier molecular flexibility index (Phi) is 8.18. The molecule has 1 aromatic carbocycles. The molecule has 1 aliphatic heterocycles. The van der Waals surface area contributed by atoms with Crippen LogP contribution in [0.4, 0.5) is 0 Å². The van der Waals surface area contributed by atoms with Crippen LogP contribution in [-0.2, 0) is 33.6 Å². The van der Waals surface area contributed by atoms with Crippen molar-refractivity contribution in [2.45, 2.75) is 62.6 Å². The SMILES string of the molecule is COC(=O)C[C@H](O[C@H](CO)CCS(=O)(=O)c1ccc(C)cc1)[C@H]1COC(C)(C)O1. The second-order valence-corrected chi connectivity index (χ2v) is 9.66. The summed E-state index contributed by atoms with van der Waals surface area (Å²) in [7, 11) is -2.25. The van der Waals surface area contributed by atoms with E-state index in [2.05, 4.69) is 0 Å². The fraction of sp³-hybridized carbons (Fsp3) is 0.650. The van der Waals surface area contributed by atoms with E-state index in [0.29, 0.717) is 0 Å². The van der Waals surface area contributed by atoms with E-state index in [4.69, 9.17) is 18.9 Å². The van der Waals surface area contributed by atoms with Crippen molar-refractivity contribution in [1.82, 2.24) is 0 Å². The van der Waals surface area contributed by atoms with Crippen LogP contribution in [-0.4, -0.2) is 69.7 Å². The molecule has 2 rings (SSSR count). The maximum absolute atomic E-state index is 12.6. The van der Waals surface area contributed by atoms with Crippen LogP contribution in [0.2, 0.25) is 0 Å². The third-order valence-corrected chi connectivity index (χ3v) is 6.46. The predicted octanol–water partition coefficient (Wildman–Crippen LogP) is 1.62. The summed E-state index contributed by atoms with van der Waals surface area (Å²) >= 11 is 0. The maximum atomic E-state index is 12.6. The van der Waals surface area contributed by atoms with Gasteiger partial charge in [-0.15, -0.1) is 0 Å². The van der Waals surface area contributed by atoms with Crippen molar-refractivity contribution in [1.29, 1.82) is 0 Å². The molecule has 1 heterocycles. The van der Waals surface area contributed by atoms with Gasteiger partial charge in [-0.05, 0) is 39.3 Å². The molecule has 0 saturated carbocycles. The zero-order valence-electron chi connectivity index (χ0n) is 17.3. The minimum absolute atomic E-state index is 0.0708. The Morgan fingerprint density at radius 3 is 2.48 bits per heavy atom. The van der Waals surface area contributed by atoms with Gasteiger partial charge in [-0.1, -0.05) is 17.7 Å². The standard InChI is InChI=1S/C20H30O8S/c1-14-5-7-16(8-6-14)29(23,24)10-9-15(12-21)27-17(11-19(22)25-4)18-13-26-20(2,3)28-18/h5-8,15,17-18,21H,9-13H2,1-4H3/t15-,17-,18+/m0/s1. The lowest BCUT2D eigenvalue weighted by atomic mass is 10.1. The quantitative estimate of drug-likeness (QED) is 0.558. The van der Waals surface area contributed by atoms with Crippen LogP contribution in [0, 0.1) is 6.92 Å². The number of hydrogen-bond acceptors (Lipinski definition) is 8. The normalized spacial score (nSPS) is 20.9. The second kappa shape index (κ2) is 9.99. The van der Waals surface area contributed by atoms with Crippen LogP contribution in [0.25, 0.3) is 0 Å². The lowest BCUT2D eigenvalue weighted by molar-refractivity contribution is -0.172. The monoisotopic (exact) mass is 430 g/mol. The maximum Gasteiger partial charge on any atom is 0.308 e. The van der Waals surface area contributed by atoms with Gasteiger partial charge in [0, 0.05) is 0 Å². The molecule has 1 aliphatic rings. The molecule has 3 atom stereocenters. The van der Waals surface area contributed by atoms with Crippen LogP contribution >= 0.6 is 0 Å². The zero-order valence-corrected chi connectivity index (χ0v) is 18.1. The summed E-state index contributed by atoms with van der Waals surface area (Å²) in [6.07, 6.45) is -2.07. The number of rotatable bonds is 10. The summed E-state index contributed by atoms with van der Waals surface area (Å²) in [5.74, 6) is -1.50. The molecule has 1 fully saturated rings. The summed E-state index contributed by atoms with van der Waals surface area (Å²) in [6, 6.07) is 6.59. The summed E-state index contributed by atoms with van der Waals surface area (Å²) in [5, 5.41) is 9.71. The van der Waals surface area contributed by atoms with Crippen molar-refractivity contribution in [2.24, 2.45) is 0 Å². The van der Waals surface area contributed by atoms with Gasteiger partial charge in [0.15, 0.2) is 15.6 Å². The minimum atomic E-state index is -3.52. The Balaban J connectivity index is 2.03. The number of sulfone groups is 1. The summed E-state index contributed by atoms with van der Waals surface area (Å²) < 4.78 is 47.0. The first-order valence-electron chi connectivity index (χ1n) is 9.50. The van der Waals surface area contributed by atoms with Gasteiger partial charge < -0.3 is 24.1 Å². The van der Waals surface area contributed by atoms with Crippen LogP contribution < -0.4 is 0 Å². The van der Waals surface area contributed by atoms with Crippen molar-refractivity contribution in [3.63, 3.8) is 0 Å². The Hall–Kier alpha value is -1.52.